The third kappa shape index (κ3) is 6.61. The molecule has 0 rings (SSSR count). The largest absolute Gasteiger partial charge is 0.481 e. The van der Waals surface area contributed by atoms with Crippen LogP contribution >= 0.6 is 11.6 Å². The quantitative estimate of drug-likeness (QED) is 0.721. The van der Waals surface area contributed by atoms with Gasteiger partial charge in [0, 0.05) is 24.2 Å². The van der Waals surface area contributed by atoms with Crippen LogP contribution < -0.4 is 0 Å². The first-order valence-corrected chi connectivity index (χ1v) is 4.60. The Bertz CT molecular complexity index is 192. The average Bonchev–Trinajstić information content (AvgIpc) is 1.96. The van der Waals surface area contributed by atoms with E-state index in [4.69, 9.17) is 16.7 Å². The fourth-order valence-corrected chi connectivity index (χ4v) is 1.13. The smallest absolute Gasteiger partial charge is 0.304 e. The lowest BCUT2D eigenvalue weighted by molar-refractivity contribution is -0.137. The monoisotopic (exact) mass is 205 g/mol. The van der Waals surface area contributed by atoms with E-state index in [9.17, 15) is 4.79 Å². The van der Waals surface area contributed by atoms with E-state index in [1.165, 1.54) is 0 Å². The molecule has 3 nitrogen and oxygen atoms in total. The van der Waals surface area contributed by atoms with E-state index in [1.54, 1.807) is 0 Å². The minimum atomic E-state index is -0.786. The maximum absolute atomic E-state index is 10.3. The molecule has 0 aliphatic rings. The van der Waals surface area contributed by atoms with Gasteiger partial charge in [-0.2, -0.15) is 0 Å². The standard InChI is InChI=1S/C9H16ClNO2/c1-7(2)11(6-8(3)10)5-4-9(12)13/h7H,3-6H2,1-2H3,(H,12,13). The van der Waals surface area contributed by atoms with Gasteiger partial charge in [-0.05, 0) is 13.8 Å². The van der Waals surface area contributed by atoms with E-state index in [0.717, 1.165) is 0 Å². The molecule has 0 bridgehead atoms. The van der Waals surface area contributed by atoms with Crippen LogP contribution in [0.1, 0.15) is 20.3 Å². The van der Waals surface area contributed by atoms with Gasteiger partial charge >= 0.3 is 5.97 Å². The highest BCUT2D eigenvalue weighted by atomic mass is 35.5. The Morgan fingerprint density at radius 2 is 2.15 bits per heavy atom. The first kappa shape index (κ1) is 12.5. The van der Waals surface area contributed by atoms with Gasteiger partial charge in [-0.1, -0.05) is 18.2 Å². The molecule has 0 spiro atoms. The Balaban J connectivity index is 3.95. The molecule has 4 heteroatoms. The Morgan fingerprint density at radius 1 is 1.62 bits per heavy atom. The van der Waals surface area contributed by atoms with Gasteiger partial charge in [-0.3, -0.25) is 9.69 Å². The number of carboxylic acid groups (broad SMARTS) is 1. The number of rotatable bonds is 6. The lowest BCUT2D eigenvalue weighted by Crippen LogP contribution is -2.33. The van der Waals surface area contributed by atoms with Gasteiger partial charge in [-0.15, -0.1) is 0 Å². The van der Waals surface area contributed by atoms with Crippen molar-refractivity contribution in [3.8, 4) is 0 Å². The van der Waals surface area contributed by atoms with Crippen LogP contribution in [0, 0.1) is 0 Å². The summed E-state index contributed by atoms with van der Waals surface area (Å²) < 4.78 is 0. The molecule has 0 radical (unpaired) electrons. The van der Waals surface area contributed by atoms with Gasteiger partial charge in [0.2, 0.25) is 0 Å². The summed E-state index contributed by atoms with van der Waals surface area (Å²) in [5.74, 6) is -0.786. The molecule has 0 aliphatic heterocycles. The predicted molar refractivity (Wildman–Crippen MR) is 54.0 cm³/mol. The Hall–Kier alpha value is -0.540. The third-order valence-electron chi connectivity index (χ3n) is 1.72. The lowest BCUT2D eigenvalue weighted by atomic mass is 10.3. The minimum Gasteiger partial charge on any atom is -0.481 e. The van der Waals surface area contributed by atoms with E-state index < -0.39 is 5.97 Å². The van der Waals surface area contributed by atoms with Crippen LogP contribution in [0.25, 0.3) is 0 Å². The van der Waals surface area contributed by atoms with Crippen molar-refractivity contribution in [2.75, 3.05) is 13.1 Å². The first-order valence-electron chi connectivity index (χ1n) is 4.22. The highest BCUT2D eigenvalue weighted by molar-refractivity contribution is 6.29. The zero-order valence-corrected chi connectivity index (χ0v) is 8.84. The Morgan fingerprint density at radius 3 is 2.46 bits per heavy atom. The van der Waals surface area contributed by atoms with Crippen LogP contribution in [-0.2, 0) is 4.79 Å². The Kier molecular flexibility index (Phi) is 5.75. The van der Waals surface area contributed by atoms with Crippen molar-refractivity contribution in [2.24, 2.45) is 0 Å². The van der Waals surface area contributed by atoms with Gasteiger partial charge in [0.1, 0.15) is 0 Å². The summed E-state index contributed by atoms with van der Waals surface area (Å²) in [5, 5.41) is 9.04. The highest BCUT2D eigenvalue weighted by Gasteiger charge is 2.11. The van der Waals surface area contributed by atoms with Crippen molar-refractivity contribution in [2.45, 2.75) is 26.3 Å². The van der Waals surface area contributed by atoms with E-state index in [0.29, 0.717) is 18.1 Å². The number of hydrogen-bond donors (Lipinski definition) is 1. The zero-order chi connectivity index (χ0) is 10.4. The van der Waals surface area contributed by atoms with Crippen molar-refractivity contribution >= 4 is 17.6 Å². The van der Waals surface area contributed by atoms with Gasteiger partial charge < -0.3 is 5.11 Å². The number of aliphatic carboxylic acids is 1. The van der Waals surface area contributed by atoms with Crippen LogP contribution in [0.5, 0.6) is 0 Å². The molecular formula is C9H16ClNO2. The van der Waals surface area contributed by atoms with Gasteiger partial charge in [-0.25, -0.2) is 0 Å². The normalized spacial score (nSPS) is 10.8. The summed E-state index contributed by atoms with van der Waals surface area (Å²) in [6.45, 7) is 8.64. The lowest BCUT2D eigenvalue weighted by Gasteiger charge is -2.24. The highest BCUT2D eigenvalue weighted by Crippen LogP contribution is 2.06. The molecular weight excluding hydrogens is 190 g/mol. The molecule has 0 saturated carbocycles. The second-order valence-corrected chi connectivity index (χ2v) is 3.76. The van der Waals surface area contributed by atoms with Crippen LogP contribution in [0.15, 0.2) is 11.6 Å². The topological polar surface area (TPSA) is 40.5 Å². The minimum absolute atomic E-state index is 0.141. The predicted octanol–water partition coefficient (Wildman–Crippen LogP) is 1.92. The molecule has 0 aromatic heterocycles. The van der Waals surface area contributed by atoms with E-state index >= 15 is 0 Å². The average molecular weight is 206 g/mol. The first-order chi connectivity index (χ1) is 5.93. The number of carboxylic acids is 1. The van der Waals surface area contributed by atoms with Gasteiger partial charge in [0.25, 0.3) is 0 Å². The van der Waals surface area contributed by atoms with Crippen molar-refractivity contribution in [3.05, 3.63) is 11.6 Å². The van der Waals surface area contributed by atoms with Crippen molar-refractivity contribution < 1.29 is 9.90 Å². The summed E-state index contributed by atoms with van der Waals surface area (Å²) in [4.78, 5) is 12.3. The fourth-order valence-electron chi connectivity index (χ4n) is 0.979. The van der Waals surface area contributed by atoms with Gasteiger partial charge in [0.05, 0.1) is 6.42 Å². The third-order valence-corrected chi connectivity index (χ3v) is 1.84. The maximum Gasteiger partial charge on any atom is 0.304 e. The van der Waals surface area contributed by atoms with E-state index in [1.807, 2.05) is 18.7 Å². The number of carbonyl (C=O) groups is 1. The molecule has 0 heterocycles. The van der Waals surface area contributed by atoms with Crippen LogP contribution in [0.4, 0.5) is 0 Å². The van der Waals surface area contributed by atoms with Gasteiger partial charge in [0.15, 0.2) is 0 Å². The number of nitrogens with zero attached hydrogens (tertiary/aromatic N) is 1. The molecule has 0 aliphatic carbocycles. The second-order valence-electron chi connectivity index (χ2n) is 3.23. The zero-order valence-electron chi connectivity index (χ0n) is 8.09. The fraction of sp³-hybridized carbons (Fsp3) is 0.667. The van der Waals surface area contributed by atoms with Crippen LogP contribution in [0.3, 0.4) is 0 Å². The van der Waals surface area contributed by atoms with Crippen LogP contribution in [-0.4, -0.2) is 35.1 Å². The van der Waals surface area contributed by atoms with Crippen LogP contribution in [0.2, 0.25) is 0 Å². The molecule has 76 valence electrons. The SMILES string of the molecule is C=C(Cl)CN(CCC(=O)O)C(C)C. The molecule has 0 aromatic carbocycles. The molecule has 0 fully saturated rings. The van der Waals surface area contributed by atoms with E-state index in [-0.39, 0.29) is 12.5 Å². The molecule has 0 saturated heterocycles. The van der Waals surface area contributed by atoms with E-state index in [2.05, 4.69) is 6.58 Å². The number of halogens is 1. The number of hydrogen-bond acceptors (Lipinski definition) is 2. The van der Waals surface area contributed by atoms with Crippen molar-refractivity contribution in [1.29, 1.82) is 0 Å². The second kappa shape index (κ2) is 6.00. The molecule has 0 atom stereocenters. The molecule has 0 aromatic rings. The van der Waals surface area contributed by atoms with Crippen molar-refractivity contribution in [3.63, 3.8) is 0 Å². The Labute approximate surface area is 84.0 Å². The summed E-state index contributed by atoms with van der Waals surface area (Å²) >= 11 is 5.65. The summed E-state index contributed by atoms with van der Waals surface area (Å²) in [7, 11) is 0. The molecule has 1 N–H and O–H groups in total. The molecule has 0 amide bonds. The summed E-state index contributed by atoms with van der Waals surface area (Å²) in [6, 6.07) is 0.287. The maximum atomic E-state index is 10.3. The molecule has 13 heavy (non-hydrogen) atoms. The van der Waals surface area contributed by atoms with Crippen molar-refractivity contribution in [1.82, 2.24) is 4.90 Å². The summed E-state index contributed by atoms with van der Waals surface area (Å²) in [5.41, 5.74) is 0. The summed E-state index contributed by atoms with van der Waals surface area (Å²) in [6.07, 6.45) is 0.141. The molecule has 0 unspecified atom stereocenters.